The van der Waals surface area contributed by atoms with E-state index in [0.717, 1.165) is 0 Å². The van der Waals surface area contributed by atoms with Crippen molar-refractivity contribution in [3.8, 4) is 5.75 Å². The van der Waals surface area contributed by atoms with Crippen molar-refractivity contribution >= 4 is 18.5 Å². The molecule has 1 aliphatic heterocycles. The smallest absolute Gasteiger partial charge is 0.498 e. The second-order valence-corrected chi connectivity index (χ2v) is 5.70. The molecule has 1 aliphatic rings. The molecule has 1 aromatic rings. The summed E-state index contributed by atoms with van der Waals surface area (Å²) in [5.41, 5.74) is 4.67. The van der Waals surface area contributed by atoms with Crippen molar-refractivity contribution in [1.82, 2.24) is 0 Å². The molecule has 0 radical (unpaired) electrons. The number of hydrogen-bond donors (Lipinski definition) is 2. The van der Waals surface area contributed by atoms with E-state index in [9.17, 15) is 9.90 Å². The molecular weight excluding hydrogens is 245 g/mol. The minimum atomic E-state index is -0.718. The molecule has 2 rings (SSSR count). The predicted octanol–water partition coefficient (Wildman–Crippen LogP) is 0.790. The van der Waals surface area contributed by atoms with Gasteiger partial charge in [-0.05, 0) is 33.8 Å². The van der Waals surface area contributed by atoms with Crippen LogP contribution in [0.25, 0.3) is 0 Å². The highest BCUT2D eigenvalue weighted by atomic mass is 16.7. The van der Waals surface area contributed by atoms with E-state index in [1.165, 1.54) is 6.07 Å². The molecule has 0 bridgehead atoms. The summed E-state index contributed by atoms with van der Waals surface area (Å²) in [6, 6.07) is 4.76. The number of carbonyl (C=O) groups is 1. The molecule has 1 aromatic carbocycles. The van der Waals surface area contributed by atoms with Crippen molar-refractivity contribution in [1.29, 1.82) is 0 Å². The normalized spacial score (nSPS) is 20.5. The van der Waals surface area contributed by atoms with Crippen molar-refractivity contribution in [3.05, 3.63) is 23.8 Å². The lowest BCUT2D eigenvalue weighted by atomic mass is 9.77. The number of aromatic hydroxyl groups is 1. The number of primary amides is 1. The van der Waals surface area contributed by atoms with Crippen LogP contribution < -0.4 is 11.2 Å². The lowest BCUT2D eigenvalue weighted by Crippen LogP contribution is -2.41. The largest absolute Gasteiger partial charge is 0.507 e. The van der Waals surface area contributed by atoms with Gasteiger partial charge in [0, 0.05) is 5.46 Å². The van der Waals surface area contributed by atoms with Crippen LogP contribution >= 0.6 is 0 Å². The monoisotopic (exact) mass is 263 g/mol. The first-order valence-corrected chi connectivity index (χ1v) is 6.13. The molecule has 5 nitrogen and oxygen atoms in total. The van der Waals surface area contributed by atoms with E-state index in [-0.39, 0.29) is 11.3 Å². The molecule has 102 valence electrons. The summed E-state index contributed by atoms with van der Waals surface area (Å²) in [7, 11) is -0.718. The number of phenols is 1. The quantitative estimate of drug-likeness (QED) is 0.773. The van der Waals surface area contributed by atoms with Gasteiger partial charge in [0.25, 0.3) is 5.91 Å². The van der Waals surface area contributed by atoms with E-state index >= 15 is 0 Å². The number of amides is 1. The van der Waals surface area contributed by atoms with Crippen molar-refractivity contribution in [2.75, 3.05) is 0 Å². The van der Waals surface area contributed by atoms with E-state index < -0.39 is 24.2 Å². The Bertz CT molecular complexity index is 511. The second-order valence-electron chi connectivity index (χ2n) is 5.70. The first-order valence-electron chi connectivity index (χ1n) is 6.13. The number of rotatable bonds is 2. The number of para-hydroxylation sites is 1. The van der Waals surface area contributed by atoms with Gasteiger partial charge in [-0.2, -0.15) is 0 Å². The maximum atomic E-state index is 11.2. The third-order valence-electron chi connectivity index (χ3n) is 3.84. The lowest BCUT2D eigenvalue weighted by Gasteiger charge is -2.32. The van der Waals surface area contributed by atoms with Gasteiger partial charge < -0.3 is 20.1 Å². The van der Waals surface area contributed by atoms with Gasteiger partial charge in [0.15, 0.2) is 0 Å². The molecule has 1 saturated heterocycles. The summed E-state index contributed by atoms with van der Waals surface area (Å²) < 4.78 is 11.7. The van der Waals surface area contributed by atoms with E-state index in [4.69, 9.17) is 15.0 Å². The van der Waals surface area contributed by atoms with E-state index in [1.54, 1.807) is 12.1 Å². The fourth-order valence-corrected chi connectivity index (χ4v) is 1.92. The van der Waals surface area contributed by atoms with Gasteiger partial charge in [0.2, 0.25) is 0 Å². The van der Waals surface area contributed by atoms with Crippen LogP contribution in [0.1, 0.15) is 38.1 Å². The number of nitrogens with two attached hydrogens (primary N) is 1. The minimum Gasteiger partial charge on any atom is -0.507 e. The molecular formula is C13H18BNO4. The first-order chi connectivity index (χ1) is 8.66. The summed E-state index contributed by atoms with van der Waals surface area (Å²) in [6.07, 6.45) is 0. The molecule has 0 unspecified atom stereocenters. The Morgan fingerprint density at radius 1 is 1.21 bits per heavy atom. The number of carbonyl (C=O) groups excluding carboxylic acids is 1. The van der Waals surface area contributed by atoms with Crippen LogP contribution in [-0.2, 0) is 9.31 Å². The topological polar surface area (TPSA) is 81.8 Å². The molecule has 0 spiro atoms. The summed E-state index contributed by atoms with van der Waals surface area (Å²) in [6.45, 7) is 7.67. The van der Waals surface area contributed by atoms with Crippen LogP contribution in [0, 0.1) is 0 Å². The fourth-order valence-electron chi connectivity index (χ4n) is 1.92. The Morgan fingerprint density at radius 3 is 2.21 bits per heavy atom. The van der Waals surface area contributed by atoms with E-state index in [1.807, 2.05) is 27.7 Å². The van der Waals surface area contributed by atoms with Crippen molar-refractivity contribution < 1.29 is 19.2 Å². The number of benzene rings is 1. The average molecular weight is 263 g/mol. The van der Waals surface area contributed by atoms with Crippen LogP contribution in [0.2, 0.25) is 0 Å². The first kappa shape index (κ1) is 13.9. The molecule has 1 fully saturated rings. The summed E-state index contributed by atoms with van der Waals surface area (Å²) in [4.78, 5) is 11.2. The fraction of sp³-hybridized carbons (Fsp3) is 0.462. The zero-order valence-corrected chi connectivity index (χ0v) is 11.6. The Kier molecular flexibility index (Phi) is 3.11. The maximum Gasteiger partial charge on any atom is 0.498 e. The molecule has 0 saturated carbocycles. The zero-order chi connectivity index (χ0) is 14.4. The molecule has 0 aliphatic carbocycles. The Labute approximate surface area is 112 Å². The van der Waals surface area contributed by atoms with Gasteiger partial charge in [0.1, 0.15) is 5.75 Å². The second kappa shape index (κ2) is 4.25. The van der Waals surface area contributed by atoms with Gasteiger partial charge in [-0.15, -0.1) is 0 Å². The van der Waals surface area contributed by atoms with Crippen LogP contribution in [0.5, 0.6) is 5.75 Å². The van der Waals surface area contributed by atoms with Crippen molar-refractivity contribution in [2.45, 2.75) is 38.9 Å². The van der Waals surface area contributed by atoms with Crippen LogP contribution in [-0.4, -0.2) is 29.3 Å². The summed E-state index contributed by atoms with van der Waals surface area (Å²) in [5, 5.41) is 10.1. The highest BCUT2D eigenvalue weighted by Gasteiger charge is 2.52. The molecule has 1 heterocycles. The van der Waals surface area contributed by atoms with Gasteiger partial charge in [0.05, 0.1) is 16.8 Å². The Hall–Kier alpha value is -1.53. The van der Waals surface area contributed by atoms with Gasteiger partial charge in [-0.25, -0.2) is 0 Å². The lowest BCUT2D eigenvalue weighted by molar-refractivity contribution is 0.00578. The zero-order valence-electron chi connectivity index (χ0n) is 11.6. The van der Waals surface area contributed by atoms with Gasteiger partial charge in [-0.3, -0.25) is 4.79 Å². The van der Waals surface area contributed by atoms with Crippen LogP contribution in [0.4, 0.5) is 0 Å². The van der Waals surface area contributed by atoms with Crippen LogP contribution in [0.15, 0.2) is 18.2 Å². The average Bonchev–Trinajstić information content (AvgIpc) is 2.47. The molecule has 19 heavy (non-hydrogen) atoms. The maximum absolute atomic E-state index is 11.2. The predicted molar refractivity (Wildman–Crippen MR) is 72.3 cm³/mol. The van der Waals surface area contributed by atoms with Crippen LogP contribution in [0.3, 0.4) is 0 Å². The Balaban J connectivity index is 2.40. The van der Waals surface area contributed by atoms with E-state index in [0.29, 0.717) is 5.46 Å². The SMILES string of the molecule is CC1(C)OB(c2cccc(C(N)=O)c2O)OC1(C)C. The standard InChI is InChI=1S/C13H18BNO4/c1-12(2)13(3,4)19-14(18-12)9-7-5-6-8(10(9)16)11(15)17/h5-7,16H,1-4H3,(H2,15,17). The van der Waals surface area contributed by atoms with Crippen molar-refractivity contribution in [2.24, 2.45) is 5.73 Å². The van der Waals surface area contributed by atoms with Crippen molar-refractivity contribution in [3.63, 3.8) is 0 Å². The summed E-state index contributed by atoms with van der Waals surface area (Å²) in [5.74, 6) is -0.871. The van der Waals surface area contributed by atoms with E-state index in [2.05, 4.69) is 0 Å². The van der Waals surface area contributed by atoms with Gasteiger partial charge >= 0.3 is 7.12 Å². The van der Waals surface area contributed by atoms with Gasteiger partial charge in [-0.1, -0.05) is 12.1 Å². The molecule has 1 amide bonds. The third-order valence-corrected chi connectivity index (χ3v) is 3.84. The highest BCUT2D eigenvalue weighted by Crippen LogP contribution is 2.37. The molecule has 0 atom stereocenters. The third kappa shape index (κ3) is 2.22. The highest BCUT2D eigenvalue weighted by molar-refractivity contribution is 6.63. The molecule has 0 aromatic heterocycles. The number of hydrogen-bond acceptors (Lipinski definition) is 4. The molecule has 6 heteroatoms. The Morgan fingerprint density at radius 2 is 1.74 bits per heavy atom. The molecule has 3 N–H and O–H groups in total. The minimum absolute atomic E-state index is 0.0622. The summed E-state index contributed by atoms with van der Waals surface area (Å²) >= 11 is 0.